The lowest BCUT2D eigenvalue weighted by atomic mass is 10.1. The molecule has 0 radical (unpaired) electrons. The standard InChI is InChI=1S/C27H31F2NO6/c1-27(28,29)19-8-9-21-22(15-19)30-11-10-24(21)32-12-4-2-5-13-33-25-18-35-20(16-23(25)31)17-36-26-7-3-6-14-34-26/h8-11,15-16,18,26H,2-7,12-14,17H2,1H3. The van der Waals surface area contributed by atoms with Crippen LogP contribution in [0, 0.1) is 0 Å². The van der Waals surface area contributed by atoms with Crippen molar-refractivity contribution in [1.82, 2.24) is 4.98 Å². The molecular formula is C27H31F2NO6. The van der Waals surface area contributed by atoms with E-state index in [4.69, 9.17) is 23.4 Å². The van der Waals surface area contributed by atoms with Gasteiger partial charge in [0.05, 0.1) is 18.7 Å². The van der Waals surface area contributed by atoms with Gasteiger partial charge < -0.3 is 23.4 Å². The van der Waals surface area contributed by atoms with Gasteiger partial charge in [-0.15, -0.1) is 0 Å². The Bertz CT molecular complexity index is 1190. The van der Waals surface area contributed by atoms with Gasteiger partial charge in [-0.25, -0.2) is 8.78 Å². The van der Waals surface area contributed by atoms with E-state index >= 15 is 0 Å². The minimum Gasteiger partial charge on any atom is -0.493 e. The number of hydrogen-bond donors (Lipinski definition) is 0. The smallest absolute Gasteiger partial charge is 0.270 e. The van der Waals surface area contributed by atoms with Gasteiger partial charge in [-0.05, 0) is 56.7 Å². The maximum absolute atomic E-state index is 13.6. The first kappa shape index (κ1) is 26.0. The molecular weight excluding hydrogens is 472 g/mol. The number of fused-ring (bicyclic) bond motifs is 1. The number of hydrogen-bond acceptors (Lipinski definition) is 7. The Labute approximate surface area is 208 Å². The van der Waals surface area contributed by atoms with Crippen molar-refractivity contribution in [2.45, 2.75) is 64.3 Å². The molecule has 0 amide bonds. The van der Waals surface area contributed by atoms with Crippen LogP contribution in [-0.4, -0.2) is 31.1 Å². The fourth-order valence-electron chi connectivity index (χ4n) is 3.90. The lowest BCUT2D eigenvalue weighted by Gasteiger charge is -2.22. The zero-order valence-electron chi connectivity index (χ0n) is 20.3. The number of benzene rings is 1. The van der Waals surface area contributed by atoms with Crippen molar-refractivity contribution in [3.63, 3.8) is 0 Å². The van der Waals surface area contributed by atoms with Gasteiger partial charge in [0, 0.05) is 36.7 Å². The second kappa shape index (κ2) is 12.3. The number of halogens is 2. The van der Waals surface area contributed by atoms with Gasteiger partial charge in [0.25, 0.3) is 5.92 Å². The molecule has 9 heteroatoms. The summed E-state index contributed by atoms with van der Waals surface area (Å²) in [7, 11) is 0. The molecule has 2 aromatic heterocycles. The van der Waals surface area contributed by atoms with Crippen LogP contribution in [0.15, 0.2) is 52.0 Å². The number of pyridine rings is 1. The summed E-state index contributed by atoms with van der Waals surface area (Å²) in [6.45, 7) is 2.58. The van der Waals surface area contributed by atoms with E-state index in [-0.39, 0.29) is 29.6 Å². The summed E-state index contributed by atoms with van der Waals surface area (Å²) in [5.41, 5.74) is 0.144. The van der Waals surface area contributed by atoms with Gasteiger partial charge in [0.1, 0.15) is 24.4 Å². The van der Waals surface area contributed by atoms with Crippen LogP contribution in [0.3, 0.4) is 0 Å². The number of ether oxygens (including phenoxy) is 4. The van der Waals surface area contributed by atoms with E-state index in [1.165, 1.54) is 24.5 Å². The molecule has 0 saturated carbocycles. The summed E-state index contributed by atoms with van der Waals surface area (Å²) >= 11 is 0. The third kappa shape index (κ3) is 7.24. The topological polar surface area (TPSA) is 80.0 Å². The largest absolute Gasteiger partial charge is 0.493 e. The molecule has 1 aromatic carbocycles. The molecule has 1 fully saturated rings. The molecule has 0 bridgehead atoms. The average Bonchev–Trinajstić information content (AvgIpc) is 2.87. The van der Waals surface area contributed by atoms with E-state index in [9.17, 15) is 13.6 Å². The molecule has 7 nitrogen and oxygen atoms in total. The zero-order chi connectivity index (χ0) is 25.4. The van der Waals surface area contributed by atoms with Gasteiger partial charge in [0.2, 0.25) is 11.2 Å². The minimum absolute atomic E-state index is 0.0780. The van der Waals surface area contributed by atoms with E-state index < -0.39 is 5.92 Å². The summed E-state index contributed by atoms with van der Waals surface area (Å²) in [5.74, 6) is -1.71. The van der Waals surface area contributed by atoms with Gasteiger partial charge >= 0.3 is 0 Å². The van der Waals surface area contributed by atoms with E-state index in [0.717, 1.165) is 45.4 Å². The maximum atomic E-state index is 13.6. The normalized spacial score (nSPS) is 16.2. The SMILES string of the molecule is CC(F)(F)c1ccc2c(OCCCCCOc3coc(COC4CCCCO4)cc3=O)ccnc2c1. The number of rotatable bonds is 12. The van der Waals surface area contributed by atoms with Crippen molar-refractivity contribution in [2.75, 3.05) is 19.8 Å². The lowest BCUT2D eigenvalue weighted by molar-refractivity contribution is -0.171. The van der Waals surface area contributed by atoms with Crippen molar-refractivity contribution in [1.29, 1.82) is 0 Å². The molecule has 3 heterocycles. The second-order valence-corrected chi connectivity index (χ2v) is 8.87. The first-order chi connectivity index (χ1) is 17.4. The molecule has 194 valence electrons. The number of alkyl halides is 2. The monoisotopic (exact) mass is 503 g/mol. The molecule has 4 rings (SSSR count). The molecule has 1 atom stereocenters. The molecule has 1 saturated heterocycles. The Morgan fingerprint density at radius 1 is 1.06 bits per heavy atom. The van der Waals surface area contributed by atoms with Crippen LogP contribution in [0.4, 0.5) is 8.78 Å². The Morgan fingerprint density at radius 3 is 2.58 bits per heavy atom. The van der Waals surface area contributed by atoms with Crippen molar-refractivity contribution in [3.05, 3.63) is 64.3 Å². The van der Waals surface area contributed by atoms with Crippen LogP contribution in [0.5, 0.6) is 11.5 Å². The molecule has 3 aromatic rings. The van der Waals surface area contributed by atoms with Crippen LogP contribution in [0.25, 0.3) is 10.9 Å². The van der Waals surface area contributed by atoms with Crippen molar-refractivity contribution in [3.8, 4) is 11.5 Å². The van der Waals surface area contributed by atoms with Gasteiger partial charge in [-0.1, -0.05) is 6.07 Å². The Hall–Kier alpha value is -3.04. The van der Waals surface area contributed by atoms with E-state index in [0.29, 0.717) is 42.2 Å². The van der Waals surface area contributed by atoms with Crippen molar-refractivity contribution >= 4 is 10.9 Å². The van der Waals surface area contributed by atoms with Crippen LogP contribution < -0.4 is 14.9 Å². The van der Waals surface area contributed by atoms with Crippen molar-refractivity contribution < 1.29 is 32.1 Å². The van der Waals surface area contributed by atoms with E-state index in [1.807, 2.05) is 0 Å². The summed E-state index contributed by atoms with van der Waals surface area (Å²) in [6.07, 6.45) is 7.91. The molecule has 0 spiro atoms. The zero-order valence-corrected chi connectivity index (χ0v) is 20.3. The Kier molecular flexibility index (Phi) is 8.88. The minimum atomic E-state index is -2.92. The summed E-state index contributed by atoms with van der Waals surface area (Å²) in [5, 5.41) is 0.695. The molecule has 1 aliphatic heterocycles. The fourth-order valence-corrected chi connectivity index (χ4v) is 3.90. The third-order valence-corrected chi connectivity index (χ3v) is 5.92. The third-order valence-electron chi connectivity index (χ3n) is 5.92. The van der Waals surface area contributed by atoms with Crippen LogP contribution in [-0.2, 0) is 22.0 Å². The number of nitrogens with zero attached hydrogens (tertiary/aromatic N) is 1. The summed E-state index contributed by atoms with van der Waals surface area (Å²) in [4.78, 5) is 16.4. The Morgan fingerprint density at radius 2 is 1.86 bits per heavy atom. The molecule has 1 aliphatic rings. The quantitative estimate of drug-likeness (QED) is 0.282. The Balaban J connectivity index is 1.16. The van der Waals surface area contributed by atoms with Crippen LogP contribution in [0.1, 0.15) is 56.8 Å². The molecule has 0 N–H and O–H groups in total. The number of aromatic nitrogens is 1. The van der Waals surface area contributed by atoms with Crippen LogP contribution in [0.2, 0.25) is 0 Å². The van der Waals surface area contributed by atoms with Gasteiger partial charge in [-0.2, -0.15) is 0 Å². The predicted octanol–water partition coefficient (Wildman–Crippen LogP) is 5.97. The lowest BCUT2D eigenvalue weighted by Crippen LogP contribution is -2.22. The first-order valence-corrected chi connectivity index (χ1v) is 12.3. The highest BCUT2D eigenvalue weighted by Crippen LogP contribution is 2.31. The van der Waals surface area contributed by atoms with E-state index in [2.05, 4.69) is 4.98 Å². The highest BCUT2D eigenvalue weighted by atomic mass is 19.3. The first-order valence-electron chi connectivity index (χ1n) is 12.3. The maximum Gasteiger partial charge on any atom is 0.270 e. The molecule has 0 aliphatic carbocycles. The van der Waals surface area contributed by atoms with E-state index in [1.54, 1.807) is 18.3 Å². The second-order valence-electron chi connectivity index (χ2n) is 8.87. The summed E-state index contributed by atoms with van der Waals surface area (Å²) in [6, 6.07) is 7.52. The van der Waals surface area contributed by atoms with Crippen molar-refractivity contribution in [2.24, 2.45) is 0 Å². The predicted molar refractivity (Wildman–Crippen MR) is 130 cm³/mol. The highest BCUT2D eigenvalue weighted by molar-refractivity contribution is 5.85. The summed E-state index contributed by atoms with van der Waals surface area (Å²) < 4.78 is 55.2. The van der Waals surface area contributed by atoms with Gasteiger partial charge in [-0.3, -0.25) is 9.78 Å². The number of unbranched alkanes of at least 4 members (excludes halogenated alkanes) is 2. The average molecular weight is 504 g/mol. The molecule has 1 unspecified atom stereocenters. The fraction of sp³-hybridized carbons (Fsp3) is 0.481. The highest BCUT2D eigenvalue weighted by Gasteiger charge is 2.24. The van der Waals surface area contributed by atoms with Gasteiger partial charge in [0.15, 0.2) is 6.29 Å². The van der Waals surface area contributed by atoms with Crippen LogP contribution >= 0.6 is 0 Å². The molecule has 36 heavy (non-hydrogen) atoms.